The largest absolute Gasteiger partial charge is 0.483 e. The minimum absolute atomic E-state index is 0.0234. The summed E-state index contributed by atoms with van der Waals surface area (Å²) in [6, 6.07) is 16.0. The maximum absolute atomic E-state index is 12.1. The van der Waals surface area contributed by atoms with Gasteiger partial charge in [-0.1, -0.05) is 55.5 Å². The number of carbonyl (C=O) groups excluding carboxylic acids is 1. The second kappa shape index (κ2) is 7.64. The van der Waals surface area contributed by atoms with Crippen LogP contribution in [-0.2, 0) is 4.79 Å². The molecule has 0 fully saturated rings. The number of hydrogen-bond donors (Lipinski definition) is 1. The van der Waals surface area contributed by atoms with Crippen LogP contribution >= 0.6 is 0 Å². The molecule has 0 saturated carbocycles. The summed E-state index contributed by atoms with van der Waals surface area (Å²) in [5.41, 5.74) is 3.20. The molecule has 0 aliphatic carbocycles. The van der Waals surface area contributed by atoms with Crippen molar-refractivity contribution in [3.63, 3.8) is 0 Å². The fourth-order valence-electron chi connectivity index (χ4n) is 2.51. The Morgan fingerprint density at radius 2 is 1.68 bits per heavy atom. The molecule has 1 N–H and O–H groups in total. The quantitative estimate of drug-likeness (QED) is 0.876. The molecule has 0 saturated heterocycles. The zero-order chi connectivity index (χ0) is 15.9. The van der Waals surface area contributed by atoms with Crippen LogP contribution in [0.2, 0.25) is 0 Å². The first-order valence-electron chi connectivity index (χ1n) is 7.65. The molecule has 2 aromatic rings. The Labute approximate surface area is 132 Å². The third-order valence-electron chi connectivity index (χ3n) is 3.70. The molecule has 0 aromatic heterocycles. The molecular formula is C19H23NO2. The molecule has 0 radical (unpaired) electrons. The maximum Gasteiger partial charge on any atom is 0.258 e. The lowest BCUT2D eigenvalue weighted by Gasteiger charge is -2.18. The van der Waals surface area contributed by atoms with Gasteiger partial charge in [-0.15, -0.1) is 0 Å². The van der Waals surface area contributed by atoms with Crippen LogP contribution < -0.4 is 10.1 Å². The molecule has 0 heterocycles. The lowest BCUT2D eigenvalue weighted by molar-refractivity contribution is -0.123. The van der Waals surface area contributed by atoms with Crippen LogP contribution in [0.3, 0.4) is 0 Å². The molecule has 22 heavy (non-hydrogen) atoms. The van der Waals surface area contributed by atoms with Gasteiger partial charge in [-0.3, -0.25) is 4.79 Å². The van der Waals surface area contributed by atoms with Gasteiger partial charge >= 0.3 is 0 Å². The van der Waals surface area contributed by atoms with Crippen molar-refractivity contribution in [1.29, 1.82) is 0 Å². The lowest BCUT2D eigenvalue weighted by atomic mass is 10.0. The molecule has 1 amide bonds. The molecule has 3 nitrogen and oxygen atoms in total. The summed E-state index contributed by atoms with van der Waals surface area (Å²) in [6.45, 7) is 6.07. The Hall–Kier alpha value is -2.29. The second-order valence-corrected chi connectivity index (χ2v) is 5.45. The third kappa shape index (κ3) is 4.10. The van der Waals surface area contributed by atoms with Crippen LogP contribution in [0.25, 0.3) is 0 Å². The minimum atomic E-state index is -0.0987. The van der Waals surface area contributed by atoms with Crippen LogP contribution in [0, 0.1) is 13.8 Å². The maximum atomic E-state index is 12.1. The van der Waals surface area contributed by atoms with Gasteiger partial charge in [0, 0.05) is 0 Å². The number of amides is 1. The van der Waals surface area contributed by atoms with Crippen molar-refractivity contribution in [3.05, 3.63) is 65.2 Å². The van der Waals surface area contributed by atoms with Gasteiger partial charge < -0.3 is 10.1 Å². The van der Waals surface area contributed by atoms with Crippen molar-refractivity contribution in [3.8, 4) is 5.75 Å². The van der Waals surface area contributed by atoms with Crippen LogP contribution in [0.5, 0.6) is 5.75 Å². The normalized spacial score (nSPS) is 11.8. The first kappa shape index (κ1) is 16.1. The summed E-state index contributed by atoms with van der Waals surface area (Å²) in [7, 11) is 0. The fraction of sp³-hybridized carbons (Fsp3) is 0.316. The number of ether oxygens (including phenoxy) is 1. The van der Waals surface area contributed by atoms with Gasteiger partial charge in [0.25, 0.3) is 5.91 Å². The van der Waals surface area contributed by atoms with Crippen molar-refractivity contribution in [2.24, 2.45) is 0 Å². The third-order valence-corrected chi connectivity index (χ3v) is 3.70. The molecular weight excluding hydrogens is 274 g/mol. The molecule has 0 aliphatic rings. The molecule has 2 aromatic carbocycles. The first-order chi connectivity index (χ1) is 10.6. The Morgan fingerprint density at radius 1 is 1.05 bits per heavy atom. The number of aryl methyl sites for hydroxylation is 2. The van der Waals surface area contributed by atoms with Gasteiger partial charge in [-0.25, -0.2) is 0 Å². The Balaban J connectivity index is 1.95. The van der Waals surface area contributed by atoms with Crippen LogP contribution in [0.1, 0.15) is 36.1 Å². The van der Waals surface area contributed by atoms with E-state index in [1.165, 1.54) is 0 Å². The monoisotopic (exact) mass is 297 g/mol. The van der Waals surface area contributed by atoms with E-state index in [1.807, 2.05) is 62.4 Å². The summed E-state index contributed by atoms with van der Waals surface area (Å²) in [4.78, 5) is 12.1. The molecule has 1 atom stereocenters. The van der Waals surface area contributed by atoms with E-state index in [0.717, 1.165) is 28.9 Å². The lowest BCUT2D eigenvalue weighted by Crippen LogP contribution is -2.32. The zero-order valence-electron chi connectivity index (χ0n) is 13.4. The molecule has 0 spiro atoms. The van der Waals surface area contributed by atoms with Crippen LogP contribution in [0.15, 0.2) is 48.5 Å². The highest BCUT2D eigenvalue weighted by molar-refractivity contribution is 5.78. The number of para-hydroxylation sites is 1. The van der Waals surface area contributed by atoms with Crippen molar-refractivity contribution < 1.29 is 9.53 Å². The van der Waals surface area contributed by atoms with Crippen molar-refractivity contribution in [1.82, 2.24) is 5.32 Å². The fourth-order valence-corrected chi connectivity index (χ4v) is 2.51. The van der Waals surface area contributed by atoms with Gasteiger partial charge in [0.2, 0.25) is 0 Å². The predicted molar refractivity (Wildman–Crippen MR) is 89.0 cm³/mol. The SMILES string of the molecule is CCC(NC(=O)COc1c(C)cccc1C)c1ccccc1. The van der Waals surface area contributed by atoms with E-state index in [4.69, 9.17) is 4.74 Å². The second-order valence-electron chi connectivity index (χ2n) is 5.45. The summed E-state index contributed by atoms with van der Waals surface area (Å²) in [5, 5.41) is 3.03. The van der Waals surface area contributed by atoms with Crippen LogP contribution in [-0.4, -0.2) is 12.5 Å². The Kier molecular flexibility index (Phi) is 5.59. The van der Waals surface area contributed by atoms with Crippen molar-refractivity contribution >= 4 is 5.91 Å². The predicted octanol–water partition coefficient (Wildman–Crippen LogP) is 3.95. The van der Waals surface area contributed by atoms with E-state index in [0.29, 0.717) is 0 Å². The Bertz CT molecular complexity index is 602. The smallest absolute Gasteiger partial charge is 0.258 e. The molecule has 0 bridgehead atoms. The molecule has 2 rings (SSSR count). The first-order valence-corrected chi connectivity index (χ1v) is 7.65. The van der Waals surface area contributed by atoms with E-state index in [-0.39, 0.29) is 18.6 Å². The van der Waals surface area contributed by atoms with E-state index in [2.05, 4.69) is 12.2 Å². The minimum Gasteiger partial charge on any atom is -0.483 e. The highest BCUT2D eigenvalue weighted by Crippen LogP contribution is 2.22. The number of carbonyl (C=O) groups is 1. The summed E-state index contributed by atoms with van der Waals surface area (Å²) < 4.78 is 5.70. The van der Waals surface area contributed by atoms with Gasteiger partial charge in [0.15, 0.2) is 6.61 Å². The molecule has 116 valence electrons. The molecule has 3 heteroatoms. The van der Waals surface area contributed by atoms with E-state index in [1.54, 1.807) is 0 Å². The Morgan fingerprint density at radius 3 is 2.27 bits per heavy atom. The molecule has 0 aliphatic heterocycles. The van der Waals surface area contributed by atoms with Gasteiger partial charge in [-0.2, -0.15) is 0 Å². The topological polar surface area (TPSA) is 38.3 Å². The average molecular weight is 297 g/mol. The van der Waals surface area contributed by atoms with Gasteiger partial charge in [0.05, 0.1) is 6.04 Å². The van der Waals surface area contributed by atoms with Crippen LogP contribution in [0.4, 0.5) is 0 Å². The van der Waals surface area contributed by atoms with E-state index >= 15 is 0 Å². The van der Waals surface area contributed by atoms with Crippen molar-refractivity contribution in [2.75, 3.05) is 6.61 Å². The van der Waals surface area contributed by atoms with Gasteiger partial charge in [-0.05, 0) is 37.0 Å². The zero-order valence-corrected chi connectivity index (χ0v) is 13.4. The van der Waals surface area contributed by atoms with Gasteiger partial charge in [0.1, 0.15) is 5.75 Å². The summed E-state index contributed by atoms with van der Waals surface area (Å²) >= 11 is 0. The summed E-state index contributed by atoms with van der Waals surface area (Å²) in [5.74, 6) is 0.698. The van der Waals surface area contributed by atoms with E-state index < -0.39 is 0 Å². The standard InChI is InChI=1S/C19H23NO2/c1-4-17(16-11-6-5-7-12-16)20-18(21)13-22-19-14(2)9-8-10-15(19)3/h5-12,17H,4,13H2,1-3H3,(H,20,21). The highest BCUT2D eigenvalue weighted by Gasteiger charge is 2.13. The number of hydrogen-bond acceptors (Lipinski definition) is 2. The average Bonchev–Trinajstić information content (AvgIpc) is 2.53. The number of benzene rings is 2. The van der Waals surface area contributed by atoms with E-state index in [9.17, 15) is 4.79 Å². The summed E-state index contributed by atoms with van der Waals surface area (Å²) in [6.07, 6.45) is 0.846. The highest BCUT2D eigenvalue weighted by atomic mass is 16.5. The van der Waals surface area contributed by atoms with Crippen molar-refractivity contribution in [2.45, 2.75) is 33.2 Å². The molecule has 1 unspecified atom stereocenters. The number of nitrogens with one attached hydrogen (secondary N) is 1. The number of rotatable bonds is 6.